The fourth-order valence-electron chi connectivity index (χ4n) is 1.11. The highest BCUT2D eigenvalue weighted by Crippen LogP contribution is 2.29. The number of nitrogens with two attached hydrogens (primary N) is 1. The van der Waals surface area contributed by atoms with Crippen molar-refractivity contribution in [2.24, 2.45) is 0 Å². The maximum Gasteiger partial charge on any atom is 0.239 e. The van der Waals surface area contributed by atoms with Gasteiger partial charge in [0.15, 0.2) is 5.82 Å². The quantitative estimate of drug-likeness (QED) is 0.491. The maximum atomic E-state index is 9.46. The number of nitrogens with one attached hydrogen (secondary N) is 1. The molecule has 0 radical (unpaired) electrons. The Morgan fingerprint density at radius 1 is 1.29 bits per heavy atom. The number of aromatic hydroxyl groups is 2. The molecule has 72 valence electrons. The van der Waals surface area contributed by atoms with E-state index in [1.807, 2.05) is 0 Å². The minimum Gasteiger partial charge on any atom is -0.508 e. The Bertz CT molecular complexity index is 466. The van der Waals surface area contributed by atoms with E-state index in [2.05, 4.69) is 15.2 Å². The molecule has 5 N–H and O–H groups in total. The summed E-state index contributed by atoms with van der Waals surface area (Å²) in [5.41, 5.74) is 5.66. The second-order valence-electron chi connectivity index (χ2n) is 2.74. The number of hydrogen-bond acceptors (Lipinski definition) is 5. The third kappa shape index (κ3) is 1.33. The molecule has 0 saturated carbocycles. The van der Waals surface area contributed by atoms with Crippen molar-refractivity contribution >= 4 is 5.95 Å². The van der Waals surface area contributed by atoms with Gasteiger partial charge in [0.05, 0.1) is 5.56 Å². The highest BCUT2D eigenvalue weighted by Gasteiger charge is 2.09. The van der Waals surface area contributed by atoms with E-state index in [0.717, 1.165) is 0 Å². The van der Waals surface area contributed by atoms with Crippen LogP contribution in [0.15, 0.2) is 18.2 Å². The van der Waals surface area contributed by atoms with Crippen molar-refractivity contribution in [3.63, 3.8) is 0 Å². The van der Waals surface area contributed by atoms with Gasteiger partial charge in [-0.25, -0.2) is 0 Å². The van der Waals surface area contributed by atoms with Crippen molar-refractivity contribution in [1.82, 2.24) is 15.2 Å². The molecular formula is C8H8N4O2. The topological polar surface area (TPSA) is 108 Å². The van der Waals surface area contributed by atoms with E-state index in [-0.39, 0.29) is 17.4 Å². The second kappa shape index (κ2) is 2.91. The van der Waals surface area contributed by atoms with Crippen LogP contribution in [0.1, 0.15) is 0 Å². The molecule has 0 aliphatic carbocycles. The molecule has 0 aliphatic heterocycles. The molecule has 14 heavy (non-hydrogen) atoms. The average Bonchev–Trinajstić information content (AvgIpc) is 2.56. The number of hydrogen-bond donors (Lipinski definition) is 4. The first-order chi connectivity index (χ1) is 6.66. The monoisotopic (exact) mass is 192 g/mol. The van der Waals surface area contributed by atoms with Crippen LogP contribution in [0.5, 0.6) is 11.5 Å². The standard InChI is InChI=1S/C8H8N4O2/c9-8-10-7(11-12-8)5-3-4(13)1-2-6(5)14/h1-3,13-14H,(H3,9,10,11,12). The summed E-state index contributed by atoms with van der Waals surface area (Å²) in [6, 6.07) is 4.11. The first kappa shape index (κ1) is 8.36. The number of phenols is 2. The van der Waals surface area contributed by atoms with Crippen LogP contribution in [0.4, 0.5) is 5.95 Å². The third-order valence-corrected chi connectivity index (χ3v) is 1.74. The van der Waals surface area contributed by atoms with E-state index >= 15 is 0 Å². The van der Waals surface area contributed by atoms with Gasteiger partial charge in [0.1, 0.15) is 11.5 Å². The first-order valence-corrected chi connectivity index (χ1v) is 3.87. The van der Waals surface area contributed by atoms with Gasteiger partial charge >= 0.3 is 0 Å². The molecule has 2 rings (SSSR count). The number of H-pyrrole nitrogens is 1. The van der Waals surface area contributed by atoms with Crippen molar-refractivity contribution in [3.8, 4) is 22.9 Å². The molecule has 1 aromatic heterocycles. The van der Waals surface area contributed by atoms with E-state index in [1.165, 1.54) is 18.2 Å². The number of aromatic amines is 1. The molecule has 0 unspecified atom stereocenters. The number of aromatic nitrogens is 3. The number of benzene rings is 1. The molecule has 6 heteroatoms. The van der Waals surface area contributed by atoms with Gasteiger partial charge in [0.2, 0.25) is 5.95 Å². The van der Waals surface area contributed by atoms with Crippen LogP contribution < -0.4 is 5.73 Å². The van der Waals surface area contributed by atoms with Crippen LogP contribution in [0, 0.1) is 0 Å². The zero-order valence-corrected chi connectivity index (χ0v) is 7.10. The number of anilines is 1. The Morgan fingerprint density at radius 2 is 2.07 bits per heavy atom. The van der Waals surface area contributed by atoms with Crippen LogP contribution in [0.3, 0.4) is 0 Å². The summed E-state index contributed by atoms with van der Waals surface area (Å²) in [5, 5.41) is 24.8. The Morgan fingerprint density at radius 3 is 2.71 bits per heavy atom. The van der Waals surface area contributed by atoms with E-state index in [4.69, 9.17) is 5.73 Å². The summed E-state index contributed by atoms with van der Waals surface area (Å²) in [4.78, 5) is 3.82. The molecule has 1 heterocycles. The van der Waals surface area contributed by atoms with Crippen molar-refractivity contribution in [3.05, 3.63) is 18.2 Å². The third-order valence-electron chi connectivity index (χ3n) is 1.74. The molecule has 0 bridgehead atoms. The lowest BCUT2D eigenvalue weighted by molar-refractivity contribution is 0.461. The molecular weight excluding hydrogens is 184 g/mol. The van der Waals surface area contributed by atoms with E-state index in [0.29, 0.717) is 11.4 Å². The van der Waals surface area contributed by atoms with Crippen molar-refractivity contribution in [1.29, 1.82) is 0 Å². The van der Waals surface area contributed by atoms with Gasteiger partial charge in [-0.05, 0) is 18.2 Å². The van der Waals surface area contributed by atoms with E-state index in [9.17, 15) is 10.2 Å². The zero-order valence-electron chi connectivity index (χ0n) is 7.10. The lowest BCUT2D eigenvalue weighted by Gasteiger charge is -2.00. The Hall–Kier alpha value is -2.24. The molecule has 2 aromatic rings. The van der Waals surface area contributed by atoms with E-state index < -0.39 is 0 Å². The molecule has 0 atom stereocenters. The Kier molecular flexibility index (Phi) is 1.74. The van der Waals surface area contributed by atoms with Gasteiger partial charge in [-0.1, -0.05) is 0 Å². The lowest BCUT2D eigenvalue weighted by Crippen LogP contribution is -1.85. The average molecular weight is 192 g/mol. The predicted molar refractivity (Wildman–Crippen MR) is 49.6 cm³/mol. The summed E-state index contributed by atoms with van der Waals surface area (Å²) >= 11 is 0. The van der Waals surface area contributed by atoms with Gasteiger partial charge in [-0.2, -0.15) is 4.98 Å². The van der Waals surface area contributed by atoms with Crippen LogP contribution in [0.25, 0.3) is 11.4 Å². The summed E-state index contributed by atoms with van der Waals surface area (Å²) in [6.07, 6.45) is 0. The van der Waals surface area contributed by atoms with Gasteiger partial charge in [0.25, 0.3) is 0 Å². The Labute approximate surface area is 79.0 Å². The summed E-state index contributed by atoms with van der Waals surface area (Å²) in [5.74, 6) is 0.436. The number of rotatable bonds is 1. The molecule has 6 nitrogen and oxygen atoms in total. The van der Waals surface area contributed by atoms with Gasteiger partial charge in [0, 0.05) is 0 Å². The SMILES string of the molecule is Nc1n[nH]c(-c2cc(O)ccc2O)n1. The molecule has 0 fully saturated rings. The van der Waals surface area contributed by atoms with Crippen LogP contribution in [-0.2, 0) is 0 Å². The molecule has 0 saturated heterocycles. The number of nitrogen functional groups attached to an aromatic ring is 1. The fourth-order valence-corrected chi connectivity index (χ4v) is 1.11. The second-order valence-corrected chi connectivity index (χ2v) is 2.74. The lowest BCUT2D eigenvalue weighted by atomic mass is 10.2. The smallest absolute Gasteiger partial charge is 0.239 e. The minimum absolute atomic E-state index is 0.000972. The van der Waals surface area contributed by atoms with Crippen molar-refractivity contribution < 1.29 is 10.2 Å². The summed E-state index contributed by atoms with van der Waals surface area (Å²) in [7, 11) is 0. The summed E-state index contributed by atoms with van der Waals surface area (Å²) < 4.78 is 0. The number of phenolic OH excluding ortho intramolecular Hbond substituents is 2. The number of nitrogens with zero attached hydrogens (tertiary/aromatic N) is 2. The first-order valence-electron chi connectivity index (χ1n) is 3.87. The highest BCUT2D eigenvalue weighted by molar-refractivity contribution is 5.65. The van der Waals surface area contributed by atoms with Gasteiger partial charge in [-0.15, -0.1) is 5.10 Å². The summed E-state index contributed by atoms with van der Waals surface area (Å²) in [6.45, 7) is 0. The van der Waals surface area contributed by atoms with Crippen molar-refractivity contribution in [2.75, 3.05) is 5.73 Å². The molecule has 0 amide bonds. The maximum absolute atomic E-state index is 9.46. The van der Waals surface area contributed by atoms with Crippen LogP contribution in [0.2, 0.25) is 0 Å². The molecule has 0 aliphatic rings. The fraction of sp³-hybridized carbons (Fsp3) is 0. The Balaban J connectivity index is 2.55. The zero-order chi connectivity index (χ0) is 10.1. The van der Waals surface area contributed by atoms with Crippen LogP contribution in [-0.4, -0.2) is 25.4 Å². The molecule has 1 aromatic carbocycles. The van der Waals surface area contributed by atoms with Crippen molar-refractivity contribution in [2.45, 2.75) is 0 Å². The minimum atomic E-state index is -0.000972. The van der Waals surface area contributed by atoms with E-state index in [1.54, 1.807) is 0 Å². The highest BCUT2D eigenvalue weighted by atomic mass is 16.3. The normalized spacial score (nSPS) is 10.3. The molecule has 0 spiro atoms. The van der Waals surface area contributed by atoms with Gasteiger partial charge in [-0.3, -0.25) is 5.10 Å². The van der Waals surface area contributed by atoms with Gasteiger partial charge < -0.3 is 15.9 Å². The largest absolute Gasteiger partial charge is 0.508 e. The van der Waals surface area contributed by atoms with Crippen LogP contribution >= 0.6 is 0 Å². The predicted octanol–water partition coefficient (Wildman–Crippen LogP) is 0.465.